The van der Waals surface area contributed by atoms with Gasteiger partial charge in [0.15, 0.2) is 0 Å². The van der Waals surface area contributed by atoms with Gasteiger partial charge >= 0.3 is 0 Å². The molecular weight excluding hydrogens is 285 g/mol. The van der Waals surface area contributed by atoms with Crippen molar-refractivity contribution in [2.45, 2.75) is 6.42 Å². The molecule has 0 spiro atoms. The molecule has 0 N–H and O–H groups in total. The SMILES string of the molecule is N#CCc1cccc2ccc(I)cc12. The molecule has 0 saturated heterocycles. The summed E-state index contributed by atoms with van der Waals surface area (Å²) in [6.07, 6.45) is 0.484. The fraction of sp³-hybridized carbons (Fsp3) is 0.0833. The van der Waals surface area contributed by atoms with Crippen molar-refractivity contribution in [1.82, 2.24) is 0 Å². The van der Waals surface area contributed by atoms with E-state index >= 15 is 0 Å². The minimum atomic E-state index is 0.484. The molecule has 0 radical (unpaired) electrons. The van der Waals surface area contributed by atoms with E-state index in [9.17, 15) is 0 Å². The standard InChI is InChI=1S/C12H8IN/c13-11-5-4-9-2-1-3-10(6-7-14)12(9)8-11/h1-5,8H,6H2. The predicted molar refractivity (Wildman–Crippen MR) is 66.0 cm³/mol. The maximum Gasteiger partial charge on any atom is 0.0669 e. The molecule has 0 amide bonds. The number of rotatable bonds is 1. The predicted octanol–water partition coefficient (Wildman–Crippen LogP) is 3.51. The van der Waals surface area contributed by atoms with Gasteiger partial charge in [0.2, 0.25) is 0 Å². The van der Waals surface area contributed by atoms with Gasteiger partial charge in [-0.25, -0.2) is 0 Å². The van der Waals surface area contributed by atoms with E-state index in [1.807, 2.05) is 12.1 Å². The number of halogens is 1. The van der Waals surface area contributed by atoms with Crippen molar-refractivity contribution in [1.29, 1.82) is 5.26 Å². The number of hydrogen-bond donors (Lipinski definition) is 0. The van der Waals surface area contributed by atoms with Crippen LogP contribution < -0.4 is 0 Å². The fourth-order valence-electron chi connectivity index (χ4n) is 1.55. The molecule has 0 fully saturated rings. The Labute approximate surface area is 96.5 Å². The van der Waals surface area contributed by atoms with Crippen LogP contribution in [0, 0.1) is 14.9 Å². The molecule has 2 rings (SSSR count). The zero-order valence-electron chi connectivity index (χ0n) is 7.50. The highest BCUT2D eigenvalue weighted by Crippen LogP contribution is 2.21. The number of benzene rings is 2. The van der Waals surface area contributed by atoms with Crippen molar-refractivity contribution in [3.05, 3.63) is 45.5 Å². The lowest BCUT2D eigenvalue weighted by atomic mass is 10.0. The first-order chi connectivity index (χ1) is 6.81. The average molecular weight is 293 g/mol. The summed E-state index contributed by atoms with van der Waals surface area (Å²) in [4.78, 5) is 0. The van der Waals surface area contributed by atoms with Gasteiger partial charge in [0, 0.05) is 3.57 Å². The molecule has 0 aliphatic rings. The summed E-state index contributed by atoms with van der Waals surface area (Å²) < 4.78 is 1.21. The molecule has 0 aliphatic carbocycles. The van der Waals surface area contributed by atoms with Gasteiger partial charge in [-0.05, 0) is 51.1 Å². The summed E-state index contributed by atoms with van der Waals surface area (Å²) in [6.45, 7) is 0. The summed E-state index contributed by atoms with van der Waals surface area (Å²) in [5, 5.41) is 11.1. The van der Waals surface area contributed by atoms with Crippen LogP contribution in [0.3, 0.4) is 0 Å². The first kappa shape index (κ1) is 9.47. The molecular formula is C12H8IN. The van der Waals surface area contributed by atoms with Crippen molar-refractivity contribution in [2.24, 2.45) is 0 Å². The molecule has 0 heterocycles. The second-order valence-electron chi connectivity index (χ2n) is 3.12. The average Bonchev–Trinajstić information content (AvgIpc) is 2.19. The maximum absolute atomic E-state index is 8.70. The molecule has 0 aliphatic heterocycles. The highest BCUT2D eigenvalue weighted by atomic mass is 127. The maximum atomic E-state index is 8.70. The molecule has 2 heteroatoms. The summed E-state index contributed by atoms with van der Waals surface area (Å²) in [7, 11) is 0. The second kappa shape index (κ2) is 3.97. The van der Waals surface area contributed by atoms with Crippen LogP contribution in [0.1, 0.15) is 5.56 Å². The smallest absolute Gasteiger partial charge is 0.0669 e. The van der Waals surface area contributed by atoms with E-state index in [0.717, 1.165) is 5.56 Å². The van der Waals surface area contributed by atoms with Crippen LogP contribution in [-0.2, 0) is 6.42 Å². The van der Waals surface area contributed by atoms with Crippen LogP contribution in [0.5, 0.6) is 0 Å². The van der Waals surface area contributed by atoms with Crippen LogP contribution in [-0.4, -0.2) is 0 Å². The molecule has 14 heavy (non-hydrogen) atoms. The lowest BCUT2D eigenvalue weighted by Gasteiger charge is -2.03. The van der Waals surface area contributed by atoms with Crippen LogP contribution in [0.4, 0.5) is 0 Å². The van der Waals surface area contributed by atoms with Crippen molar-refractivity contribution < 1.29 is 0 Å². The third kappa shape index (κ3) is 1.73. The Morgan fingerprint density at radius 1 is 1.21 bits per heavy atom. The van der Waals surface area contributed by atoms with Gasteiger partial charge in [0.25, 0.3) is 0 Å². The molecule has 68 valence electrons. The van der Waals surface area contributed by atoms with Crippen molar-refractivity contribution in [3.8, 4) is 6.07 Å². The Morgan fingerprint density at radius 3 is 2.86 bits per heavy atom. The first-order valence-corrected chi connectivity index (χ1v) is 5.43. The van der Waals surface area contributed by atoms with E-state index in [-0.39, 0.29) is 0 Å². The molecule has 0 aromatic heterocycles. The van der Waals surface area contributed by atoms with Crippen LogP contribution in [0.25, 0.3) is 10.8 Å². The molecule has 0 atom stereocenters. The van der Waals surface area contributed by atoms with E-state index in [0.29, 0.717) is 6.42 Å². The van der Waals surface area contributed by atoms with Gasteiger partial charge in [-0.1, -0.05) is 24.3 Å². The molecule has 2 aromatic carbocycles. The van der Waals surface area contributed by atoms with Gasteiger partial charge in [-0.15, -0.1) is 0 Å². The Hall–Kier alpha value is -1.08. The number of nitrogens with zero attached hydrogens (tertiary/aromatic N) is 1. The minimum absolute atomic E-state index is 0.484. The second-order valence-corrected chi connectivity index (χ2v) is 4.36. The Kier molecular flexibility index (Phi) is 2.69. The van der Waals surface area contributed by atoms with E-state index in [1.165, 1.54) is 14.3 Å². The van der Waals surface area contributed by atoms with E-state index in [1.54, 1.807) is 0 Å². The lowest BCUT2D eigenvalue weighted by molar-refractivity contribution is 1.29. The number of nitriles is 1. The highest BCUT2D eigenvalue weighted by molar-refractivity contribution is 14.1. The highest BCUT2D eigenvalue weighted by Gasteiger charge is 2.00. The third-order valence-electron chi connectivity index (χ3n) is 2.20. The molecule has 0 bridgehead atoms. The zero-order valence-corrected chi connectivity index (χ0v) is 9.65. The van der Waals surface area contributed by atoms with Gasteiger partial charge in [0.1, 0.15) is 0 Å². The lowest BCUT2D eigenvalue weighted by Crippen LogP contribution is -1.85. The van der Waals surface area contributed by atoms with E-state index < -0.39 is 0 Å². The Bertz CT molecular complexity index is 511. The van der Waals surface area contributed by atoms with Gasteiger partial charge in [-0.3, -0.25) is 0 Å². The van der Waals surface area contributed by atoms with Crippen molar-refractivity contribution in [2.75, 3.05) is 0 Å². The Balaban J connectivity index is 2.72. The van der Waals surface area contributed by atoms with Gasteiger partial charge in [-0.2, -0.15) is 5.26 Å². The summed E-state index contributed by atoms with van der Waals surface area (Å²) in [5.74, 6) is 0. The summed E-state index contributed by atoms with van der Waals surface area (Å²) >= 11 is 2.29. The summed E-state index contributed by atoms with van der Waals surface area (Å²) in [5.41, 5.74) is 1.11. The zero-order chi connectivity index (χ0) is 9.97. The number of hydrogen-bond acceptors (Lipinski definition) is 1. The first-order valence-electron chi connectivity index (χ1n) is 4.35. The fourth-order valence-corrected chi connectivity index (χ4v) is 2.04. The molecule has 0 unspecified atom stereocenters. The molecule has 0 saturated carbocycles. The minimum Gasteiger partial charge on any atom is -0.198 e. The van der Waals surface area contributed by atoms with E-state index in [4.69, 9.17) is 5.26 Å². The number of fused-ring (bicyclic) bond motifs is 1. The van der Waals surface area contributed by atoms with Crippen molar-refractivity contribution >= 4 is 33.4 Å². The topological polar surface area (TPSA) is 23.8 Å². The van der Waals surface area contributed by atoms with Crippen LogP contribution in [0.15, 0.2) is 36.4 Å². The molecule has 1 nitrogen and oxygen atoms in total. The summed E-state index contributed by atoms with van der Waals surface area (Å²) in [6, 6.07) is 14.6. The largest absolute Gasteiger partial charge is 0.198 e. The van der Waals surface area contributed by atoms with Crippen LogP contribution >= 0.6 is 22.6 Å². The van der Waals surface area contributed by atoms with Crippen molar-refractivity contribution in [3.63, 3.8) is 0 Å². The van der Waals surface area contributed by atoms with Gasteiger partial charge < -0.3 is 0 Å². The van der Waals surface area contributed by atoms with Crippen LogP contribution in [0.2, 0.25) is 0 Å². The van der Waals surface area contributed by atoms with E-state index in [2.05, 4.69) is 52.9 Å². The third-order valence-corrected chi connectivity index (χ3v) is 2.87. The quantitative estimate of drug-likeness (QED) is 0.738. The monoisotopic (exact) mass is 293 g/mol. The Morgan fingerprint density at radius 2 is 2.07 bits per heavy atom. The molecule has 2 aromatic rings. The van der Waals surface area contributed by atoms with Gasteiger partial charge in [0.05, 0.1) is 12.5 Å². The normalized spacial score (nSPS) is 10.0.